The van der Waals surface area contributed by atoms with Crippen molar-refractivity contribution in [3.8, 4) is 0 Å². The Bertz CT molecular complexity index is 152. The van der Waals surface area contributed by atoms with E-state index in [2.05, 4.69) is 0 Å². The van der Waals surface area contributed by atoms with Crippen molar-refractivity contribution < 1.29 is 14.6 Å². The fraction of sp³-hybridized carbons (Fsp3) is 1.00. The lowest BCUT2D eigenvalue weighted by Gasteiger charge is -2.09. The van der Waals surface area contributed by atoms with Crippen molar-refractivity contribution in [3.63, 3.8) is 0 Å². The summed E-state index contributed by atoms with van der Waals surface area (Å²) in [4.78, 5) is 9.29. The largest absolute Gasteiger partial charge is 0.396 e. The van der Waals surface area contributed by atoms with Crippen LogP contribution in [0.2, 0.25) is 0 Å². The summed E-state index contributed by atoms with van der Waals surface area (Å²) in [5, 5.41) is 8.45. The monoisotopic (exact) mass is 195 g/mol. The molecule has 0 aromatic carbocycles. The predicted molar refractivity (Wildman–Crippen MR) is 49.6 cm³/mol. The van der Waals surface area contributed by atoms with Gasteiger partial charge in [0.15, 0.2) is 0 Å². The van der Waals surface area contributed by atoms with Crippen molar-refractivity contribution in [1.82, 2.24) is 0 Å². The van der Waals surface area contributed by atoms with E-state index in [-0.39, 0.29) is 6.61 Å². The Balaban J connectivity index is 3.49. The molecule has 4 nitrogen and oxygen atoms in total. The minimum atomic E-state index is -2.93. The summed E-state index contributed by atoms with van der Waals surface area (Å²) in [6.45, 7) is 0.557. The first kappa shape index (κ1) is 12.1. The van der Waals surface area contributed by atoms with Gasteiger partial charge in [-0.05, 0) is 25.8 Å². The summed E-state index contributed by atoms with van der Waals surface area (Å²) < 4.78 is 11.3. The van der Waals surface area contributed by atoms with Crippen LogP contribution < -0.4 is 5.73 Å². The van der Waals surface area contributed by atoms with Gasteiger partial charge in [0.25, 0.3) is 0 Å². The van der Waals surface area contributed by atoms with Gasteiger partial charge in [-0.15, -0.1) is 0 Å². The summed E-state index contributed by atoms with van der Waals surface area (Å²) in [7, 11) is -2.93. The molecule has 0 aliphatic carbocycles. The quantitative estimate of drug-likeness (QED) is 0.405. The zero-order valence-corrected chi connectivity index (χ0v) is 8.17. The van der Waals surface area contributed by atoms with Crippen LogP contribution in [-0.4, -0.2) is 35.5 Å². The number of hydrogen-bond donors (Lipinski definition) is 3. The Morgan fingerprint density at radius 3 is 2.25 bits per heavy atom. The minimum Gasteiger partial charge on any atom is -0.396 e. The molecule has 0 bridgehead atoms. The van der Waals surface area contributed by atoms with Gasteiger partial charge >= 0.3 is 0 Å². The molecule has 0 radical (unpaired) electrons. The fourth-order valence-electron chi connectivity index (χ4n) is 0.921. The molecular weight excluding hydrogens is 177 g/mol. The number of aliphatic hydroxyl groups excluding tert-OH is 1. The molecule has 0 rings (SSSR count). The predicted octanol–water partition coefficient (Wildman–Crippen LogP) is 0.378. The molecule has 0 fully saturated rings. The number of hydrogen-bond acceptors (Lipinski definition) is 3. The highest BCUT2D eigenvalue weighted by atomic mass is 31.2. The van der Waals surface area contributed by atoms with Crippen molar-refractivity contribution in [2.24, 2.45) is 5.73 Å². The van der Waals surface area contributed by atoms with Gasteiger partial charge in [-0.1, -0.05) is 0 Å². The Labute approximate surface area is 73.2 Å². The zero-order valence-electron chi connectivity index (χ0n) is 7.28. The number of aliphatic hydroxyl groups is 1. The molecule has 0 aliphatic heterocycles. The normalized spacial score (nSPS) is 15.9. The summed E-state index contributed by atoms with van der Waals surface area (Å²) in [6, 6.07) is 0. The fourth-order valence-corrected chi connectivity index (χ4v) is 2.54. The number of nitrogens with two attached hydrogens (primary N) is 1. The Kier molecular flexibility index (Phi) is 6.67. The molecule has 12 heavy (non-hydrogen) atoms. The van der Waals surface area contributed by atoms with Crippen LogP contribution in [0.15, 0.2) is 0 Å². The first-order valence-corrected chi connectivity index (χ1v) is 6.27. The second-order valence-corrected chi connectivity index (χ2v) is 5.45. The van der Waals surface area contributed by atoms with E-state index >= 15 is 0 Å². The van der Waals surface area contributed by atoms with Gasteiger partial charge in [0, 0.05) is 18.9 Å². The van der Waals surface area contributed by atoms with E-state index < -0.39 is 7.37 Å². The molecule has 5 heteroatoms. The van der Waals surface area contributed by atoms with E-state index in [1.165, 1.54) is 0 Å². The average Bonchev–Trinajstić information content (AvgIpc) is 2.01. The topological polar surface area (TPSA) is 83.6 Å². The van der Waals surface area contributed by atoms with Crippen molar-refractivity contribution in [2.75, 3.05) is 25.5 Å². The maximum atomic E-state index is 11.3. The van der Waals surface area contributed by atoms with E-state index in [1.807, 2.05) is 0 Å². The third kappa shape index (κ3) is 6.80. The van der Waals surface area contributed by atoms with E-state index in [9.17, 15) is 9.46 Å². The highest BCUT2D eigenvalue weighted by Gasteiger charge is 2.15. The third-order valence-corrected chi connectivity index (χ3v) is 3.66. The summed E-state index contributed by atoms with van der Waals surface area (Å²) >= 11 is 0. The van der Waals surface area contributed by atoms with Crippen LogP contribution in [0.5, 0.6) is 0 Å². The molecule has 0 amide bonds. The van der Waals surface area contributed by atoms with Crippen LogP contribution in [0, 0.1) is 0 Å². The van der Waals surface area contributed by atoms with Gasteiger partial charge in [-0.2, -0.15) is 0 Å². The van der Waals surface area contributed by atoms with Crippen LogP contribution in [0.4, 0.5) is 0 Å². The van der Waals surface area contributed by atoms with Crippen molar-refractivity contribution in [2.45, 2.75) is 19.3 Å². The van der Waals surface area contributed by atoms with E-state index in [4.69, 9.17) is 10.8 Å². The molecule has 1 atom stereocenters. The SMILES string of the molecule is NCCCP(=O)(O)CCCCO. The molecule has 74 valence electrons. The number of unbranched alkanes of at least 4 members (excludes halogenated alkanes) is 1. The van der Waals surface area contributed by atoms with E-state index in [0.29, 0.717) is 38.1 Å². The van der Waals surface area contributed by atoms with E-state index in [0.717, 1.165) is 0 Å². The van der Waals surface area contributed by atoms with Crippen LogP contribution in [-0.2, 0) is 4.57 Å². The highest BCUT2D eigenvalue weighted by Crippen LogP contribution is 2.41. The zero-order chi connectivity index (χ0) is 9.45. The average molecular weight is 195 g/mol. The van der Waals surface area contributed by atoms with Crippen LogP contribution in [0.1, 0.15) is 19.3 Å². The van der Waals surface area contributed by atoms with Gasteiger partial charge in [-0.25, -0.2) is 0 Å². The van der Waals surface area contributed by atoms with Crippen LogP contribution >= 0.6 is 7.37 Å². The lowest BCUT2D eigenvalue weighted by Crippen LogP contribution is -2.04. The molecule has 0 spiro atoms. The Hall–Kier alpha value is 0.110. The van der Waals surface area contributed by atoms with Crippen LogP contribution in [0.25, 0.3) is 0 Å². The second kappa shape index (κ2) is 6.61. The van der Waals surface area contributed by atoms with Gasteiger partial charge in [0.2, 0.25) is 7.37 Å². The van der Waals surface area contributed by atoms with E-state index in [1.54, 1.807) is 0 Å². The Morgan fingerprint density at radius 2 is 1.75 bits per heavy atom. The molecule has 0 saturated carbocycles. The lowest BCUT2D eigenvalue weighted by atomic mass is 10.4. The summed E-state index contributed by atoms with van der Waals surface area (Å²) in [5.41, 5.74) is 5.22. The van der Waals surface area contributed by atoms with Crippen molar-refractivity contribution in [3.05, 3.63) is 0 Å². The molecule has 0 saturated heterocycles. The molecule has 0 aliphatic rings. The van der Waals surface area contributed by atoms with Crippen LogP contribution in [0.3, 0.4) is 0 Å². The molecule has 0 heterocycles. The van der Waals surface area contributed by atoms with Gasteiger partial charge < -0.3 is 15.7 Å². The lowest BCUT2D eigenvalue weighted by molar-refractivity contribution is 0.286. The van der Waals surface area contributed by atoms with Gasteiger partial charge in [0.1, 0.15) is 0 Å². The van der Waals surface area contributed by atoms with Crippen molar-refractivity contribution in [1.29, 1.82) is 0 Å². The molecule has 0 aromatic heterocycles. The summed E-state index contributed by atoms with van der Waals surface area (Å²) in [5.74, 6) is 0. The maximum absolute atomic E-state index is 11.3. The molecule has 1 unspecified atom stereocenters. The molecule has 0 aromatic rings. The first-order valence-electron chi connectivity index (χ1n) is 4.24. The summed E-state index contributed by atoms with van der Waals surface area (Å²) in [6.07, 6.45) is 2.46. The minimum absolute atomic E-state index is 0.0941. The molecular formula is C7H18NO3P. The molecule has 4 N–H and O–H groups in total. The maximum Gasteiger partial charge on any atom is 0.200 e. The standard InChI is InChI=1S/C7H18NO3P/c8-4-3-7-12(10,11)6-2-1-5-9/h9H,1-8H2,(H,10,11). The smallest absolute Gasteiger partial charge is 0.200 e. The van der Waals surface area contributed by atoms with Gasteiger partial charge in [0.05, 0.1) is 0 Å². The second-order valence-electron chi connectivity index (χ2n) is 2.87. The number of rotatable bonds is 7. The third-order valence-electron chi connectivity index (χ3n) is 1.63. The Morgan fingerprint density at radius 1 is 1.17 bits per heavy atom. The first-order chi connectivity index (χ1) is 5.62. The van der Waals surface area contributed by atoms with Crippen molar-refractivity contribution >= 4 is 7.37 Å². The van der Waals surface area contributed by atoms with Gasteiger partial charge in [-0.3, -0.25) is 4.57 Å². The highest BCUT2D eigenvalue weighted by molar-refractivity contribution is 7.57.